The lowest BCUT2D eigenvalue weighted by Gasteiger charge is -2.35. The van der Waals surface area contributed by atoms with Crippen LogP contribution in [0.1, 0.15) is 98.6 Å². The first-order valence-electron chi connectivity index (χ1n) is 25.5. The van der Waals surface area contributed by atoms with E-state index in [9.17, 15) is 28.8 Å². The predicted molar refractivity (Wildman–Crippen MR) is 280 cm³/mol. The fourth-order valence-corrected chi connectivity index (χ4v) is 10.6. The summed E-state index contributed by atoms with van der Waals surface area (Å²) in [7, 11) is 1.47. The standard InChI is InChI=1S/C57H61ClFN7O9/c1-73-48-21-16-40(31-47(48)66-24-23-50(67)63-57(66)72)56(71)65-27-25-64(26-28-65)55(70)38-11-9-35(10-12-38)32-62-54(69)37-13-17-41(18-14-37)61-33-45(36-6-3-2-4-7-36)39-15-20-46(58)44(30-39)51-43(53(60)68)19-22-49(52(51)59)75-34-42-8-5-29-74-42/h2-4,6-7,9-12,15-16,19-22,30-31,37,41-42,45,61H,5,8,13-14,17-18,23-29,32-34H2,1H3,(H2,60,68)(H,62,69)(H,63,67,72). The molecule has 9 rings (SSSR count). The highest BCUT2D eigenvalue weighted by molar-refractivity contribution is 6.33. The van der Waals surface area contributed by atoms with E-state index in [0.717, 1.165) is 42.4 Å². The third-order valence-corrected chi connectivity index (χ3v) is 15.0. The number of carbonyl (C=O) groups is 6. The third-order valence-electron chi connectivity index (χ3n) is 14.7. The molecule has 5 N–H and O–H groups in total. The molecule has 2 atom stereocenters. The van der Waals surface area contributed by atoms with Crippen molar-refractivity contribution in [3.63, 3.8) is 0 Å². The number of carbonyl (C=O) groups excluding carboxylic acids is 6. The lowest BCUT2D eigenvalue weighted by atomic mass is 9.84. The molecule has 0 radical (unpaired) electrons. The number of imide groups is 1. The average Bonchev–Trinajstić information content (AvgIpc) is 3.96. The summed E-state index contributed by atoms with van der Waals surface area (Å²) in [6.45, 7) is 3.15. The number of piperazine rings is 1. The quantitative estimate of drug-likeness (QED) is 0.0725. The monoisotopic (exact) mass is 1040 g/mol. The van der Waals surface area contributed by atoms with Gasteiger partial charge in [0, 0.05) is 104 Å². The number of rotatable bonds is 17. The molecular formula is C57H61ClFN7O9. The van der Waals surface area contributed by atoms with E-state index in [2.05, 4.69) is 16.0 Å². The van der Waals surface area contributed by atoms with Crippen molar-refractivity contribution < 1.29 is 47.4 Å². The van der Waals surface area contributed by atoms with Gasteiger partial charge in [-0.15, -0.1) is 0 Å². The second-order valence-corrected chi connectivity index (χ2v) is 19.8. The number of hydrogen-bond donors (Lipinski definition) is 4. The van der Waals surface area contributed by atoms with Crippen molar-refractivity contribution >= 4 is 52.9 Å². The van der Waals surface area contributed by atoms with Crippen molar-refractivity contribution in [2.45, 2.75) is 69.6 Å². The van der Waals surface area contributed by atoms with E-state index < -0.39 is 17.8 Å². The lowest BCUT2D eigenvalue weighted by Crippen LogP contribution is -2.51. The molecule has 7 amide bonds. The molecule has 18 heteroatoms. The highest BCUT2D eigenvalue weighted by Crippen LogP contribution is 2.40. The summed E-state index contributed by atoms with van der Waals surface area (Å²) in [5.74, 6) is -2.22. The summed E-state index contributed by atoms with van der Waals surface area (Å²) in [5.41, 5.74) is 10.1. The number of methoxy groups -OCH3 is 1. The van der Waals surface area contributed by atoms with E-state index in [1.54, 1.807) is 46.2 Å². The topological polar surface area (TPSA) is 202 Å². The Labute approximate surface area is 440 Å². The number of halogens is 2. The largest absolute Gasteiger partial charge is 0.495 e. The average molecular weight is 1040 g/mol. The van der Waals surface area contributed by atoms with E-state index in [0.29, 0.717) is 86.8 Å². The van der Waals surface area contributed by atoms with Crippen LogP contribution in [0, 0.1) is 11.7 Å². The molecule has 0 aromatic heterocycles. The molecule has 3 heterocycles. The molecule has 3 saturated heterocycles. The highest BCUT2D eigenvalue weighted by atomic mass is 35.5. The number of nitrogens with zero attached hydrogens (tertiary/aromatic N) is 3. The maximum Gasteiger partial charge on any atom is 0.328 e. The maximum absolute atomic E-state index is 16.4. The van der Waals surface area contributed by atoms with Gasteiger partial charge in [0.15, 0.2) is 11.6 Å². The number of hydrogen-bond acceptors (Lipinski definition) is 10. The van der Waals surface area contributed by atoms with Gasteiger partial charge in [0.1, 0.15) is 12.4 Å². The smallest absolute Gasteiger partial charge is 0.328 e. The van der Waals surface area contributed by atoms with Crippen molar-refractivity contribution in [1.82, 2.24) is 25.8 Å². The van der Waals surface area contributed by atoms with Crippen molar-refractivity contribution in [1.29, 1.82) is 0 Å². The van der Waals surface area contributed by atoms with Crippen LogP contribution >= 0.6 is 11.6 Å². The lowest BCUT2D eigenvalue weighted by molar-refractivity contribution is -0.126. The first-order valence-corrected chi connectivity index (χ1v) is 25.9. The van der Waals surface area contributed by atoms with Crippen LogP contribution in [0.25, 0.3) is 11.1 Å². The Balaban J connectivity index is 0.756. The Kier molecular flexibility index (Phi) is 16.7. The molecule has 0 spiro atoms. The molecule has 4 aliphatic rings. The number of benzene rings is 5. The number of nitrogens with two attached hydrogens (primary N) is 1. The molecule has 2 unspecified atom stereocenters. The first kappa shape index (κ1) is 52.5. The number of ether oxygens (including phenoxy) is 3. The summed E-state index contributed by atoms with van der Waals surface area (Å²) >= 11 is 6.79. The summed E-state index contributed by atoms with van der Waals surface area (Å²) < 4.78 is 33.4. The Morgan fingerprint density at radius 3 is 2.17 bits per heavy atom. The summed E-state index contributed by atoms with van der Waals surface area (Å²) in [5, 5.41) is 9.41. The van der Waals surface area contributed by atoms with Crippen LogP contribution in [-0.4, -0.2) is 117 Å². The summed E-state index contributed by atoms with van der Waals surface area (Å²) in [6, 6.07) is 29.9. The second-order valence-electron chi connectivity index (χ2n) is 19.4. The Morgan fingerprint density at radius 1 is 0.813 bits per heavy atom. The van der Waals surface area contributed by atoms with E-state index in [4.69, 9.17) is 31.5 Å². The molecule has 75 heavy (non-hydrogen) atoms. The number of nitrogens with one attached hydrogen (secondary N) is 3. The number of amides is 7. The van der Waals surface area contributed by atoms with Crippen LogP contribution in [0.15, 0.2) is 103 Å². The number of primary amides is 1. The van der Waals surface area contributed by atoms with Gasteiger partial charge in [-0.2, -0.15) is 0 Å². The normalized spacial score (nSPS) is 19.3. The molecule has 4 fully saturated rings. The molecule has 392 valence electrons. The van der Waals surface area contributed by atoms with Gasteiger partial charge in [-0.3, -0.25) is 34.2 Å². The molecule has 0 bridgehead atoms. The van der Waals surface area contributed by atoms with Crippen LogP contribution in [0.5, 0.6) is 11.5 Å². The van der Waals surface area contributed by atoms with E-state index in [1.807, 2.05) is 54.6 Å². The van der Waals surface area contributed by atoms with Crippen LogP contribution in [0.2, 0.25) is 5.02 Å². The van der Waals surface area contributed by atoms with E-state index >= 15 is 4.39 Å². The zero-order valence-electron chi connectivity index (χ0n) is 41.8. The number of urea groups is 1. The Morgan fingerprint density at radius 2 is 1.51 bits per heavy atom. The molecule has 3 aliphatic heterocycles. The summed E-state index contributed by atoms with van der Waals surface area (Å²) in [4.78, 5) is 82.3. The number of anilines is 1. The summed E-state index contributed by atoms with van der Waals surface area (Å²) in [6.07, 6.45) is 4.73. The zero-order valence-corrected chi connectivity index (χ0v) is 42.5. The minimum absolute atomic E-state index is 0.00640. The van der Waals surface area contributed by atoms with Crippen molar-refractivity contribution in [2.75, 3.05) is 64.5 Å². The SMILES string of the molecule is COc1ccc(C(=O)N2CCN(C(=O)c3ccc(CNC(=O)C4CCC(NCC(c5ccccc5)c5ccc(Cl)c(-c6c(C(N)=O)ccc(OCC7CCCO7)c6F)c5)CC4)cc3)CC2)cc1N1CCC(=O)NC1=O. The Bertz CT molecular complexity index is 2920. The minimum atomic E-state index is -0.789. The van der Waals surface area contributed by atoms with Crippen LogP contribution < -0.4 is 36.1 Å². The Hall–Kier alpha value is -7.34. The highest BCUT2D eigenvalue weighted by Gasteiger charge is 2.32. The van der Waals surface area contributed by atoms with E-state index in [1.165, 1.54) is 24.1 Å². The maximum atomic E-state index is 16.4. The van der Waals surface area contributed by atoms with Crippen LogP contribution in [0.3, 0.4) is 0 Å². The van der Waals surface area contributed by atoms with Gasteiger partial charge in [0.05, 0.1) is 24.5 Å². The molecule has 5 aromatic rings. The van der Waals surface area contributed by atoms with Gasteiger partial charge in [-0.25, -0.2) is 9.18 Å². The van der Waals surface area contributed by atoms with Gasteiger partial charge in [0.25, 0.3) is 11.8 Å². The van der Waals surface area contributed by atoms with Gasteiger partial charge in [0.2, 0.25) is 17.7 Å². The fraction of sp³-hybridized carbons (Fsp3) is 0.368. The van der Waals surface area contributed by atoms with E-state index in [-0.39, 0.29) is 89.1 Å². The van der Waals surface area contributed by atoms with Gasteiger partial charge in [-0.05, 0) is 110 Å². The molecule has 1 saturated carbocycles. The van der Waals surface area contributed by atoms with Gasteiger partial charge >= 0.3 is 6.03 Å². The molecule has 5 aromatic carbocycles. The van der Waals surface area contributed by atoms with Gasteiger partial charge in [-0.1, -0.05) is 60.1 Å². The zero-order chi connectivity index (χ0) is 52.6. The van der Waals surface area contributed by atoms with Crippen molar-refractivity contribution in [2.24, 2.45) is 11.7 Å². The minimum Gasteiger partial charge on any atom is -0.495 e. The second kappa shape index (κ2) is 23.9. The fourth-order valence-electron chi connectivity index (χ4n) is 10.4. The van der Waals surface area contributed by atoms with Crippen LogP contribution in [0.4, 0.5) is 14.9 Å². The first-order chi connectivity index (χ1) is 36.3. The third kappa shape index (κ3) is 12.3. The molecule has 1 aliphatic carbocycles. The van der Waals surface area contributed by atoms with Crippen molar-refractivity contribution in [3.05, 3.63) is 147 Å². The van der Waals surface area contributed by atoms with Gasteiger partial charge < -0.3 is 40.4 Å². The van der Waals surface area contributed by atoms with Crippen LogP contribution in [-0.2, 0) is 20.9 Å². The molecular weight excluding hydrogens is 981 g/mol. The molecule has 16 nitrogen and oxygen atoms in total. The van der Waals surface area contributed by atoms with Crippen molar-refractivity contribution in [3.8, 4) is 22.6 Å². The predicted octanol–water partition coefficient (Wildman–Crippen LogP) is 7.45.